The average molecular weight is 439 g/mol. The van der Waals surface area contributed by atoms with E-state index in [4.69, 9.17) is 0 Å². The van der Waals surface area contributed by atoms with Gasteiger partial charge in [0, 0.05) is 6.04 Å². The first-order chi connectivity index (χ1) is 14.4. The highest BCUT2D eigenvalue weighted by atomic mass is 19.4. The molecule has 0 saturated heterocycles. The molecule has 4 N–H and O–H groups in total. The fraction of sp³-hybridized carbons (Fsp3) is 0.474. The zero-order valence-electron chi connectivity index (χ0n) is 17.1. The van der Waals surface area contributed by atoms with Gasteiger partial charge in [-0.05, 0) is 18.3 Å². The van der Waals surface area contributed by atoms with Gasteiger partial charge in [-0.2, -0.15) is 22.8 Å². The zero-order valence-corrected chi connectivity index (χ0v) is 17.1. The molecule has 1 aliphatic rings. The third-order valence-corrected chi connectivity index (χ3v) is 4.89. The van der Waals surface area contributed by atoms with E-state index in [-0.39, 0.29) is 35.0 Å². The molecule has 0 spiro atoms. The highest BCUT2D eigenvalue weighted by Gasteiger charge is 2.38. The van der Waals surface area contributed by atoms with Crippen LogP contribution in [0.2, 0.25) is 0 Å². The van der Waals surface area contributed by atoms with Crippen LogP contribution < -0.4 is 15.4 Å². The second kappa shape index (κ2) is 6.86. The quantitative estimate of drug-likeness (QED) is 0.465. The lowest BCUT2D eigenvalue weighted by molar-refractivity contribution is -0.692. The minimum absolute atomic E-state index is 0.0541. The second-order valence-electron chi connectivity index (χ2n) is 8.92. The molecule has 0 unspecified atom stereocenters. The maximum absolute atomic E-state index is 13.3. The molecular formula is C19H22F3N6O3+. The van der Waals surface area contributed by atoms with Gasteiger partial charge in [-0.1, -0.05) is 25.3 Å². The fourth-order valence-electron chi connectivity index (χ4n) is 3.36. The second-order valence-corrected chi connectivity index (χ2v) is 8.92. The number of hydrogen-bond acceptors (Lipinski definition) is 4. The molecule has 1 saturated carbocycles. The van der Waals surface area contributed by atoms with Crippen molar-refractivity contribution < 1.29 is 27.6 Å². The molecule has 3 aromatic rings. The fourth-order valence-corrected chi connectivity index (χ4v) is 3.36. The van der Waals surface area contributed by atoms with Gasteiger partial charge < -0.3 is 10.4 Å². The Labute approximate surface area is 173 Å². The van der Waals surface area contributed by atoms with Gasteiger partial charge in [0.25, 0.3) is 5.91 Å². The Hall–Kier alpha value is -3.31. The zero-order chi connectivity index (χ0) is 22.7. The first-order valence-electron chi connectivity index (χ1n) is 9.69. The van der Waals surface area contributed by atoms with Crippen molar-refractivity contribution in [3.63, 3.8) is 0 Å². The van der Waals surface area contributed by atoms with E-state index < -0.39 is 34.6 Å². The number of nitrogens with zero attached hydrogens (tertiary/aromatic N) is 3. The summed E-state index contributed by atoms with van der Waals surface area (Å²) in [6, 6.07) is 1.25. The number of fused-ring (bicyclic) bond motifs is 1. The van der Waals surface area contributed by atoms with Gasteiger partial charge >= 0.3 is 23.3 Å². The van der Waals surface area contributed by atoms with Gasteiger partial charge in [0.15, 0.2) is 0 Å². The van der Waals surface area contributed by atoms with Gasteiger partial charge in [-0.15, -0.1) is 0 Å². The molecule has 31 heavy (non-hydrogen) atoms. The molecule has 0 aromatic carbocycles. The van der Waals surface area contributed by atoms with E-state index in [1.54, 1.807) is 0 Å². The largest absolute Gasteiger partial charge is 0.477 e. The number of amides is 1. The summed E-state index contributed by atoms with van der Waals surface area (Å²) in [6.07, 6.45) is -2.45. The summed E-state index contributed by atoms with van der Waals surface area (Å²) in [5.74, 6) is -1.26. The summed E-state index contributed by atoms with van der Waals surface area (Å²) in [7, 11) is 0. The molecule has 3 heterocycles. The maximum atomic E-state index is 13.3. The van der Waals surface area contributed by atoms with Crippen LogP contribution in [0.25, 0.3) is 17.0 Å². The van der Waals surface area contributed by atoms with Gasteiger partial charge in [0.05, 0.1) is 24.5 Å². The Kier molecular flexibility index (Phi) is 4.63. The third-order valence-electron chi connectivity index (χ3n) is 4.89. The van der Waals surface area contributed by atoms with E-state index in [1.807, 2.05) is 20.8 Å². The number of carbonyl (C=O) groups is 1. The van der Waals surface area contributed by atoms with E-state index in [2.05, 4.69) is 20.6 Å². The highest BCUT2D eigenvalue weighted by molar-refractivity contribution is 5.96. The lowest BCUT2D eigenvalue weighted by Gasteiger charge is -2.17. The summed E-state index contributed by atoms with van der Waals surface area (Å²) >= 11 is 0. The molecular weight excluding hydrogens is 417 g/mol. The van der Waals surface area contributed by atoms with Crippen molar-refractivity contribution in [1.29, 1.82) is 0 Å². The molecule has 0 atom stereocenters. The molecule has 0 bridgehead atoms. The Balaban J connectivity index is 1.96. The number of carbonyl (C=O) groups excluding carboxylic acids is 1. The van der Waals surface area contributed by atoms with E-state index in [0.717, 1.165) is 17.4 Å². The number of halogens is 3. The van der Waals surface area contributed by atoms with Crippen LogP contribution in [0.1, 0.15) is 49.5 Å². The van der Waals surface area contributed by atoms with Gasteiger partial charge in [-0.25, -0.2) is 9.89 Å². The summed E-state index contributed by atoms with van der Waals surface area (Å²) in [4.78, 5) is 25.7. The topological polar surface area (TPSA) is 119 Å². The number of hydrogen-bond donors (Lipinski definition) is 4. The molecule has 4 rings (SSSR count). The molecule has 166 valence electrons. The lowest BCUT2D eigenvalue weighted by Crippen LogP contribution is -2.47. The average Bonchev–Trinajstić information content (AvgIpc) is 3.15. The number of aromatic amines is 2. The van der Waals surface area contributed by atoms with Crippen LogP contribution in [0.15, 0.2) is 17.1 Å². The monoisotopic (exact) mass is 439 g/mol. The smallest absolute Gasteiger partial charge is 0.420 e. The third kappa shape index (κ3) is 3.89. The van der Waals surface area contributed by atoms with Crippen LogP contribution in [0.4, 0.5) is 13.2 Å². The van der Waals surface area contributed by atoms with Crippen LogP contribution >= 0.6 is 0 Å². The van der Waals surface area contributed by atoms with E-state index >= 15 is 0 Å². The highest BCUT2D eigenvalue weighted by Crippen LogP contribution is 2.35. The Morgan fingerprint density at radius 3 is 2.61 bits per heavy atom. The number of aromatic hydroxyl groups is 1. The Morgan fingerprint density at radius 2 is 2.03 bits per heavy atom. The van der Waals surface area contributed by atoms with Gasteiger partial charge in [-0.3, -0.25) is 9.89 Å². The van der Waals surface area contributed by atoms with Crippen molar-refractivity contribution in [3.8, 4) is 17.3 Å². The van der Waals surface area contributed by atoms with E-state index in [9.17, 15) is 27.9 Å². The van der Waals surface area contributed by atoms with Crippen molar-refractivity contribution in [2.75, 3.05) is 0 Å². The van der Waals surface area contributed by atoms with Crippen molar-refractivity contribution in [2.24, 2.45) is 5.41 Å². The van der Waals surface area contributed by atoms with E-state index in [1.165, 1.54) is 10.6 Å². The number of alkyl halides is 3. The molecule has 1 amide bonds. The molecule has 9 nitrogen and oxygen atoms in total. The SMILES string of the molecule is CC(C)(C)C[n+]1c(O)c(C(=O)NC2CC2)c(=O)n2[nH]c(-c3[nH]ncc3C(F)(F)F)cc21. The molecule has 1 aliphatic carbocycles. The van der Waals surface area contributed by atoms with Crippen LogP contribution in [0.3, 0.4) is 0 Å². The van der Waals surface area contributed by atoms with Crippen LogP contribution in [-0.4, -0.2) is 36.9 Å². The minimum Gasteiger partial charge on any atom is -0.477 e. The molecule has 1 fully saturated rings. The van der Waals surface area contributed by atoms with E-state index in [0.29, 0.717) is 6.20 Å². The lowest BCUT2D eigenvalue weighted by atomic mass is 9.96. The predicted molar refractivity (Wildman–Crippen MR) is 102 cm³/mol. The number of rotatable bonds is 4. The normalized spacial score (nSPS) is 14.9. The predicted octanol–water partition coefficient (Wildman–Crippen LogP) is 1.97. The molecule has 0 aliphatic heterocycles. The van der Waals surface area contributed by atoms with Crippen molar-refractivity contribution in [1.82, 2.24) is 25.1 Å². The van der Waals surface area contributed by atoms with Crippen LogP contribution in [0.5, 0.6) is 5.88 Å². The summed E-state index contributed by atoms with van der Waals surface area (Å²) in [5.41, 5.74) is -3.04. The first kappa shape index (κ1) is 20.9. The molecule has 0 radical (unpaired) electrons. The minimum atomic E-state index is -4.66. The van der Waals surface area contributed by atoms with Crippen molar-refractivity contribution >= 4 is 11.6 Å². The number of aromatic nitrogens is 5. The standard InChI is InChI=1S/C19H21F3N6O3/c1-18(2,3)8-27-12-6-11(14-10(7-23-25-14)19(20,21)22)26-28(12)17(31)13(16(27)30)15(29)24-9-4-5-9/h6-7,9H,4-5,8H2,1-3H3,(H3,23,24,25,26,29,30,31)/p+1. The number of nitrogens with one attached hydrogen (secondary N) is 3. The first-order valence-corrected chi connectivity index (χ1v) is 9.69. The number of H-pyrrole nitrogens is 2. The van der Waals surface area contributed by atoms with Crippen molar-refractivity contribution in [3.05, 3.63) is 33.7 Å². The molecule has 12 heteroatoms. The summed E-state index contributed by atoms with van der Waals surface area (Å²) in [6.45, 7) is 5.85. The Morgan fingerprint density at radius 1 is 1.35 bits per heavy atom. The van der Waals surface area contributed by atoms with Crippen molar-refractivity contribution in [2.45, 2.75) is 52.4 Å². The Bertz CT molecular complexity index is 1230. The van der Waals surface area contributed by atoms with Gasteiger partial charge in [0.1, 0.15) is 11.3 Å². The summed E-state index contributed by atoms with van der Waals surface area (Å²) in [5, 5.41) is 21.9. The van der Waals surface area contributed by atoms with Crippen LogP contribution in [0, 0.1) is 5.41 Å². The summed E-state index contributed by atoms with van der Waals surface area (Å²) < 4.78 is 42.3. The van der Waals surface area contributed by atoms with Crippen LogP contribution in [-0.2, 0) is 12.7 Å². The molecule has 3 aromatic heterocycles. The maximum Gasteiger partial charge on any atom is 0.420 e. The van der Waals surface area contributed by atoms with Gasteiger partial charge in [0.2, 0.25) is 5.56 Å².